The van der Waals surface area contributed by atoms with Crippen LogP contribution in [0, 0.1) is 5.41 Å². The van der Waals surface area contributed by atoms with Crippen LogP contribution in [0.5, 0.6) is 5.75 Å². The molecule has 0 bridgehead atoms. The molecular formula is C28H34ClFN4O3. The predicted octanol–water partition coefficient (Wildman–Crippen LogP) is 6.06. The van der Waals surface area contributed by atoms with Crippen LogP contribution >= 0.6 is 11.6 Å². The Labute approximate surface area is 222 Å². The summed E-state index contributed by atoms with van der Waals surface area (Å²) in [7, 11) is 1.56. The quantitative estimate of drug-likeness (QED) is 0.286. The lowest BCUT2D eigenvalue weighted by molar-refractivity contribution is -0.141. The fourth-order valence-corrected chi connectivity index (χ4v) is 5.65. The molecule has 7 nitrogen and oxygen atoms in total. The number of methoxy groups -OCH3 is 1. The van der Waals surface area contributed by atoms with Crippen molar-refractivity contribution in [2.75, 3.05) is 26.7 Å². The molecule has 0 amide bonds. The van der Waals surface area contributed by atoms with Crippen LogP contribution in [-0.4, -0.2) is 57.7 Å². The van der Waals surface area contributed by atoms with Crippen LogP contribution in [0.4, 0.5) is 4.39 Å². The number of pyridine rings is 1. The van der Waals surface area contributed by atoms with E-state index < -0.39 is 17.6 Å². The van der Waals surface area contributed by atoms with Crippen LogP contribution in [0.25, 0.3) is 10.9 Å². The van der Waals surface area contributed by atoms with Gasteiger partial charge in [-0.15, -0.1) is 0 Å². The number of aliphatic carboxylic acids is 1. The summed E-state index contributed by atoms with van der Waals surface area (Å²) in [6.07, 6.45) is 10.6. The van der Waals surface area contributed by atoms with Gasteiger partial charge in [-0.25, -0.2) is 4.39 Å². The molecule has 4 rings (SSSR count). The molecule has 2 aromatic heterocycles. The summed E-state index contributed by atoms with van der Waals surface area (Å²) in [5.74, 6) is -0.221. The van der Waals surface area contributed by atoms with Gasteiger partial charge in [0.25, 0.3) is 0 Å². The van der Waals surface area contributed by atoms with Crippen molar-refractivity contribution in [1.29, 1.82) is 0 Å². The number of ether oxygens (including phenoxy) is 1. The van der Waals surface area contributed by atoms with Gasteiger partial charge in [-0.05, 0) is 88.2 Å². The summed E-state index contributed by atoms with van der Waals surface area (Å²) in [6.45, 7) is 2.62. The second-order valence-electron chi connectivity index (χ2n) is 9.98. The molecule has 1 atom stereocenters. The highest BCUT2D eigenvalue weighted by atomic mass is 35.5. The van der Waals surface area contributed by atoms with Crippen LogP contribution in [0.1, 0.15) is 62.4 Å². The zero-order chi connectivity index (χ0) is 26.3. The molecule has 3 aromatic rings. The van der Waals surface area contributed by atoms with Gasteiger partial charge in [-0.3, -0.25) is 19.7 Å². The van der Waals surface area contributed by atoms with Gasteiger partial charge in [0.1, 0.15) is 11.9 Å². The molecule has 1 unspecified atom stereocenters. The van der Waals surface area contributed by atoms with E-state index in [9.17, 15) is 9.90 Å². The average Bonchev–Trinajstić information content (AvgIpc) is 2.90. The Kier molecular flexibility index (Phi) is 9.27. The van der Waals surface area contributed by atoms with E-state index in [1.54, 1.807) is 43.9 Å². The maximum atomic E-state index is 15.7. The Balaban J connectivity index is 1.35. The second kappa shape index (κ2) is 12.6. The number of unbranched alkanes of at least 4 members (excludes halogenated alkanes) is 1. The zero-order valence-electron chi connectivity index (χ0n) is 21.2. The maximum Gasteiger partial charge on any atom is 0.303 e. The van der Waals surface area contributed by atoms with E-state index in [4.69, 9.17) is 16.3 Å². The number of carbonyl (C=O) groups is 1. The third-order valence-electron chi connectivity index (χ3n) is 7.53. The number of aromatic nitrogens is 3. The first-order valence-electron chi connectivity index (χ1n) is 12.8. The highest BCUT2D eigenvalue weighted by Crippen LogP contribution is 2.44. The van der Waals surface area contributed by atoms with E-state index in [0.29, 0.717) is 28.6 Å². The van der Waals surface area contributed by atoms with Crippen molar-refractivity contribution in [2.24, 2.45) is 5.41 Å². The molecular weight excluding hydrogens is 495 g/mol. The number of carboxylic acids is 1. The Morgan fingerprint density at radius 3 is 2.73 bits per heavy atom. The minimum absolute atomic E-state index is 0.0544. The summed E-state index contributed by atoms with van der Waals surface area (Å²) in [4.78, 5) is 26.9. The zero-order valence-corrected chi connectivity index (χ0v) is 22.0. The smallest absolute Gasteiger partial charge is 0.303 e. The van der Waals surface area contributed by atoms with Crippen LogP contribution in [0.2, 0.25) is 5.02 Å². The second-order valence-corrected chi connectivity index (χ2v) is 10.4. The van der Waals surface area contributed by atoms with E-state index in [2.05, 4.69) is 19.9 Å². The van der Waals surface area contributed by atoms with E-state index in [1.807, 2.05) is 0 Å². The van der Waals surface area contributed by atoms with Gasteiger partial charge in [0, 0.05) is 35.7 Å². The van der Waals surface area contributed by atoms with Crippen molar-refractivity contribution in [3.63, 3.8) is 0 Å². The average molecular weight is 529 g/mol. The summed E-state index contributed by atoms with van der Waals surface area (Å²) in [5.41, 5.74) is 1.63. The number of nitrogens with zero attached hydrogens (tertiary/aromatic N) is 4. The highest BCUT2D eigenvalue weighted by molar-refractivity contribution is 6.32. The normalized spacial score (nSPS) is 16.5. The van der Waals surface area contributed by atoms with E-state index >= 15 is 4.39 Å². The molecule has 1 fully saturated rings. The van der Waals surface area contributed by atoms with Gasteiger partial charge in [-0.2, -0.15) is 0 Å². The standard InChI is InChI=1S/C28H34ClFN4O3/c1-37-21-5-6-25-22(16-21)27(23(29)19-33-25)24(30)7-8-28(17-26(35)36)9-14-34(15-10-28)13-3-2-4-20-18-31-11-12-32-20/h5-6,11-12,16,18-19,24H,2-4,7-10,13-15,17H2,1H3,(H,35,36). The van der Waals surface area contributed by atoms with E-state index in [1.165, 1.54) is 6.20 Å². The summed E-state index contributed by atoms with van der Waals surface area (Å²) in [5, 5.41) is 10.5. The van der Waals surface area contributed by atoms with Crippen molar-refractivity contribution in [3.05, 3.63) is 59.3 Å². The number of carboxylic acid groups (broad SMARTS) is 1. The van der Waals surface area contributed by atoms with Crippen molar-refractivity contribution >= 4 is 28.5 Å². The van der Waals surface area contributed by atoms with Gasteiger partial charge >= 0.3 is 5.97 Å². The number of likely N-dealkylation sites (tertiary alicyclic amines) is 1. The molecule has 1 aliphatic rings. The molecule has 0 radical (unpaired) electrons. The first-order valence-corrected chi connectivity index (χ1v) is 13.2. The first kappa shape index (κ1) is 27.2. The number of alkyl halides is 1. The monoisotopic (exact) mass is 528 g/mol. The third kappa shape index (κ3) is 7.14. The van der Waals surface area contributed by atoms with E-state index in [-0.39, 0.29) is 17.9 Å². The molecule has 9 heteroatoms. The Hall–Kier alpha value is -2.84. The van der Waals surface area contributed by atoms with Crippen molar-refractivity contribution < 1.29 is 19.0 Å². The molecule has 0 aliphatic carbocycles. The van der Waals surface area contributed by atoms with Gasteiger partial charge < -0.3 is 14.7 Å². The van der Waals surface area contributed by atoms with Crippen molar-refractivity contribution in [2.45, 2.75) is 57.5 Å². The predicted molar refractivity (Wildman–Crippen MR) is 142 cm³/mol. The van der Waals surface area contributed by atoms with Crippen molar-refractivity contribution in [1.82, 2.24) is 19.9 Å². The number of hydrogen-bond donors (Lipinski definition) is 1. The molecule has 3 heterocycles. The lowest BCUT2D eigenvalue weighted by Crippen LogP contribution is -2.41. The number of halogens is 2. The molecule has 0 spiro atoms. The molecule has 0 saturated carbocycles. The minimum atomic E-state index is -1.32. The van der Waals surface area contributed by atoms with Gasteiger partial charge in [-0.1, -0.05) is 11.6 Å². The lowest BCUT2D eigenvalue weighted by atomic mass is 9.71. The molecule has 198 valence electrons. The molecule has 37 heavy (non-hydrogen) atoms. The van der Waals surface area contributed by atoms with Crippen LogP contribution < -0.4 is 4.74 Å². The largest absolute Gasteiger partial charge is 0.497 e. The highest BCUT2D eigenvalue weighted by Gasteiger charge is 2.37. The molecule has 1 aromatic carbocycles. The SMILES string of the molecule is COc1ccc2ncc(Cl)c(C(F)CCC3(CC(=O)O)CCN(CCCCc4cnccn4)CC3)c2c1. The minimum Gasteiger partial charge on any atom is -0.497 e. The number of benzene rings is 1. The van der Waals surface area contributed by atoms with Crippen LogP contribution in [0.3, 0.4) is 0 Å². The molecule has 1 aliphatic heterocycles. The fraction of sp³-hybridized carbons (Fsp3) is 0.500. The topological polar surface area (TPSA) is 88.4 Å². The van der Waals surface area contributed by atoms with Crippen LogP contribution in [0.15, 0.2) is 43.0 Å². The van der Waals surface area contributed by atoms with Gasteiger partial charge in [0.15, 0.2) is 0 Å². The number of aryl methyl sites for hydroxylation is 1. The van der Waals surface area contributed by atoms with Gasteiger partial charge in [0.2, 0.25) is 0 Å². The third-order valence-corrected chi connectivity index (χ3v) is 7.83. The maximum absolute atomic E-state index is 15.7. The first-order chi connectivity index (χ1) is 17.9. The van der Waals surface area contributed by atoms with E-state index in [0.717, 1.165) is 57.4 Å². The number of hydrogen-bond acceptors (Lipinski definition) is 6. The van der Waals surface area contributed by atoms with Crippen molar-refractivity contribution in [3.8, 4) is 5.75 Å². The van der Waals surface area contributed by atoms with Crippen LogP contribution in [-0.2, 0) is 11.2 Å². The Morgan fingerprint density at radius 1 is 1.22 bits per heavy atom. The van der Waals surface area contributed by atoms with Gasteiger partial charge in [0.05, 0.1) is 29.8 Å². The Bertz CT molecular complexity index is 1190. The molecule has 1 N–H and O–H groups in total. The lowest BCUT2D eigenvalue weighted by Gasteiger charge is -2.41. The number of fused-ring (bicyclic) bond motifs is 1. The molecule has 1 saturated heterocycles. The summed E-state index contributed by atoms with van der Waals surface area (Å²) in [6, 6.07) is 5.33. The number of piperidine rings is 1. The Morgan fingerprint density at radius 2 is 2.03 bits per heavy atom. The summed E-state index contributed by atoms with van der Waals surface area (Å²) >= 11 is 6.40. The summed E-state index contributed by atoms with van der Waals surface area (Å²) < 4.78 is 21.0. The number of rotatable bonds is 12. The fourth-order valence-electron chi connectivity index (χ4n) is 5.38.